The molecule has 0 spiro atoms. The fourth-order valence-electron chi connectivity index (χ4n) is 2.19. The van der Waals surface area contributed by atoms with Crippen LogP contribution >= 0.6 is 11.6 Å². The molecule has 1 atom stereocenters. The van der Waals surface area contributed by atoms with E-state index < -0.39 is 6.10 Å². The molecule has 20 heavy (non-hydrogen) atoms. The normalized spacial score (nSPS) is 17.6. The minimum absolute atomic E-state index is 0.115. The average Bonchev–Trinajstić information content (AvgIpc) is 2.46. The van der Waals surface area contributed by atoms with Crippen LogP contribution < -0.4 is 9.64 Å². The van der Waals surface area contributed by atoms with Crippen LogP contribution in [0.4, 0.5) is 5.82 Å². The molecule has 1 amide bonds. The lowest BCUT2D eigenvalue weighted by molar-refractivity contribution is -0.125. The van der Waals surface area contributed by atoms with E-state index in [1.54, 1.807) is 24.1 Å². The van der Waals surface area contributed by atoms with Crippen molar-refractivity contribution in [2.24, 2.45) is 0 Å². The van der Waals surface area contributed by atoms with E-state index in [0.717, 1.165) is 5.56 Å². The summed E-state index contributed by atoms with van der Waals surface area (Å²) in [6, 6.07) is 11.1. The minimum atomic E-state index is -0.519. The van der Waals surface area contributed by atoms with Crippen molar-refractivity contribution >= 4 is 23.3 Å². The van der Waals surface area contributed by atoms with Gasteiger partial charge >= 0.3 is 0 Å². The summed E-state index contributed by atoms with van der Waals surface area (Å²) in [6.07, 6.45) is 1.12. The molecule has 1 unspecified atom stereocenters. The van der Waals surface area contributed by atoms with Crippen molar-refractivity contribution in [2.75, 3.05) is 4.90 Å². The number of nitrogens with zero attached hydrogens (tertiary/aromatic N) is 2. The Bertz CT molecular complexity index is 660. The van der Waals surface area contributed by atoms with Crippen LogP contribution in [0.25, 0.3) is 0 Å². The van der Waals surface area contributed by atoms with E-state index in [0.29, 0.717) is 23.1 Å². The Balaban J connectivity index is 2.00. The summed E-state index contributed by atoms with van der Waals surface area (Å²) >= 11 is 6.17. The number of hydrogen-bond donors (Lipinski definition) is 0. The average molecular weight is 289 g/mol. The highest BCUT2D eigenvalue weighted by atomic mass is 35.5. The molecule has 0 aliphatic carbocycles. The lowest BCUT2D eigenvalue weighted by Crippen LogP contribution is -2.44. The number of pyridine rings is 1. The summed E-state index contributed by atoms with van der Waals surface area (Å²) in [6.45, 7) is 2.12. The Morgan fingerprint density at radius 1 is 1.30 bits per heavy atom. The van der Waals surface area contributed by atoms with Crippen molar-refractivity contribution < 1.29 is 9.53 Å². The second-order valence-corrected chi connectivity index (χ2v) is 5.01. The van der Waals surface area contributed by atoms with Crippen LogP contribution in [0, 0.1) is 0 Å². The lowest BCUT2D eigenvalue weighted by Gasteiger charge is -2.32. The van der Waals surface area contributed by atoms with Gasteiger partial charge in [0.2, 0.25) is 0 Å². The topological polar surface area (TPSA) is 42.4 Å². The van der Waals surface area contributed by atoms with Crippen molar-refractivity contribution in [3.05, 3.63) is 53.2 Å². The van der Waals surface area contributed by atoms with E-state index in [2.05, 4.69) is 4.98 Å². The molecule has 0 saturated carbocycles. The van der Waals surface area contributed by atoms with E-state index in [-0.39, 0.29) is 5.91 Å². The number of carbonyl (C=O) groups is 1. The highest BCUT2D eigenvalue weighted by Crippen LogP contribution is 2.33. The summed E-state index contributed by atoms with van der Waals surface area (Å²) in [7, 11) is 0. The number of ether oxygens (including phenoxy) is 1. The first-order valence-corrected chi connectivity index (χ1v) is 6.71. The molecule has 0 N–H and O–H groups in total. The SMILES string of the molecule is CC1Oc2cccnc2N(Cc2ccccc2Cl)C1=O. The van der Waals surface area contributed by atoms with E-state index in [1.807, 2.05) is 30.3 Å². The van der Waals surface area contributed by atoms with Crippen LogP contribution in [-0.2, 0) is 11.3 Å². The number of amides is 1. The second kappa shape index (κ2) is 5.13. The number of benzene rings is 1. The monoisotopic (exact) mass is 288 g/mol. The Hall–Kier alpha value is -2.07. The highest BCUT2D eigenvalue weighted by Gasteiger charge is 2.32. The maximum atomic E-state index is 12.3. The molecular weight excluding hydrogens is 276 g/mol. The van der Waals surface area contributed by atoms with Crippen LogP contribution in [0.2, 0.25) is 5.02 Å². The maximum absolute atomic E-state index is 12.3. The summed E-state index contributed by atoms with van der Waals surface area (Å²) < 4.78 is 5.56. The predicted octanol–water partition coefficient (Wildman–Crippen LogP) is 3.05. The van der Waals surface area contributed by atoms with Crippen LogP contribution in [0.15, 0.2) is 42.6 Å². The molecule has 1 aromatic carbocycles. The molecule has 0 bridgehead atoms. The number of hydrogen-bond acceptors (Lipinski definition) is 3. The first kappa shape index (κ1) is 12.9. The van der Waals surface area contributed by atoms with Crippen molar-refractivity contribution in [3.63, 3.8) is 0 Å². The number of carbonyl (C=O) groups excluding carboxylic acids is 1. The smallest absolute Gasteiger partial charge is 0.269 e. The van der Waals surface area contributed by atoms with Gasteiger partial charge in [-0.25, -0.2) is 4.98 Å². The first-order valence-electron chi connectivity index (χ1n) is 6.33. The van der Waals surface area contributed by atoms with Gasteiger partial charge in [0.05, 0.1) is 6.54 Å². The summed E-state index contributed by atoms with van der Waals surface area (Å²) in [5.74, 6) is 1.04. The zero-order valence-corrected chi connectivity index (χ0v) is 11.7. The van der Waals surface area contributed by atoms with Crippen molar-refractivity contribution in [2.45, 2.75) is 19.6 Å². The fraction of sp³-hybridized carbons (Fsp3) is 0.200. The van der Waals surface area contributed by atoms with Gasteiger partial charge in [-0.3, -0.25) is 9.69 Å². The van der Waals surface area contributed by atoms with Gasteiger partial charge in [-0.05, 0) is 30.7 Å². The maximum Gasteiger partial charge on any atom is 0.269 e. The van der Waals surface area contributed by atoms with Crippen LogP contribution in [0.3, 0.4) is 0 Å². The molecule has 0 fully saturated rings. The molecule has 0 saturated heterocycles. The van der Waals surface area contributed by atoms with Gasteiger partial charge in [-0.1, -0.05) is 29.8 Å². The van der Waals surface area contributed by atoms with Gasteiger partial charge in [0, 0.05) is 11.2 Å². The van der Waals surface area contributed by atoms with Crippen LogP contribution in [0.1, 0.15) is 12.5 Å². The lowest BCUT2D eigenvalue weighted by atomic mass is 10.1. The third kappa shape index (κ3) is 2.23. The molecule has 2 aromatic rings. The van der Waals surface area contributed by atoms with Crippen molar-refractivity contribution in [1.82, 2.24) is 4.98 Å². The third-order valence-corrected chi connectivity index (χ3v) is 3.58. The quantitative estimate of drug-likeness (QED) is 0.853. The molecule has 2 heterocycles. The molecule has 1 aliphatic heterocycles. The first-order chi connectivity index (χ1) is 9.66. The zero-order chi connectivity index (χ0) is 14.1. The third-order valence-electron chi connectivity index (χ3n) is 3.21. The van der Waals surface area contributed by atoms with E-state index in [1.165, 1.54) is 0 Å². The number of fused-ring (bicyclic) bond motifs is 1. The van der Waals surface area contributed by atoms with Gasteiger partial charge in [0.15, 0.2) is 17.7 Å². The second-order valence-electron chi connectivity index (χ2n) is 4.60. The number of halogens is 1. The van der Waals surface area contributed by atoms with Crippen LogP contribution in [0.5, 0.6) is 5.75 Å². The van der Waals surface area contributed by atoms with Crippen LogP contribution in [-0.4, -0.2) is 17.0 Å². The Labute approximate surface area is 122 Å². The molecule has 3 rings (SSSR count). The standard InChI is InChI=1S/C15H13ClN2O2/c1-10-15(19)18(9-11-5-2-3-6-12(11)16)14-13(20-10)7-4-8-17-14/h2-8,10H,9H2,1H3. The van der Waals surface area contributed by atoms with Gasteiger partial charge in [0.25, 0.3) is 5.91 Å². The van der Waals surface area contributed by atoms with Crippen molar-refractivity contribution in [3.8, 4) is 5.75 Å². The Kier molecular flexibility index (Phi) is 3.32. The van der Waals surface area contributed by atoms with E-state index in [9.17, 15) is 4.79 Å². The minimum Gasteiger partial charge on any atom is -0.477 e. The highest BCUT2D eigenvalue weighted by molar-refractivity contribution is 6.31. The molecule has 1 aliphatic rings. The Morgan fingerprint density at radius 2 is 2.10 bits per heavy atom. The molecule has 4 nitrogen and oxygen atoms in total. The number of rotatable bonds is 2. The Morgan fingerprint density at radius 3 is 2.90 bits per heavy atom. The van der Waals surface area contributed by atoms with Gasteiger partial charge < -0.3 is 4.74 Å². The van der Waals surface area contributed by atoms with E-state index in [4.69, 9.17) is 16.3 Å². The molecular formula is C15H13ClN2O2. The molecule has 0 radical (unpaired) electrons. The zero-order valence-electron chi connectivity index (χ0n) is 10.9. The van der Waals surface area contributed by atoms with Gasteiger partial charge in [0.1, 0.15) is 0 Å². The molecule has 1 aromatic heterocycles. The van der Waals surface area contributed by atoms with E-state index >= 15 is 0 Å². The number of anilines is 1. The molecule has 5 heteroatoms. The molecule has 102 valence electrons. The summed E-state index contributed by atoms with van der Waals surface area (Å²) in [5.41, 5.74) is 0.883. The predicted molar refractivity (Wildman–Crippen MR) is 77.0 cm³/mol. The summed E-state index contributed by atoms with van der Waals surface area (Å²) in [4.78, 5) is 18.2. The number of aromatic nitrogens is 1. The van der Waals surface area contributed by atoms with Crippen molar-refractivity contribution in [1.29, 1.82) is 0 Å². The van der Waals surface area contributed by atoms with Gasteiger partial charge in [-0.2, -0.15) is 0 Å². The van der Waals surface area contributed by atoms with Gasteiger partial charge in [-0.15, -0.1) is 0 Å². The summed E-state index contributed by atoms with van der Waals surface area (Å²) in [5, 5.41) is 0.636. The largest absolute Gasteiger partial charge is 0.477 e. The fourth-order valence-corrected chi connectivity index (χ4v) is 2.39.